The topological polar surface area (TPSA) is 164 Å². The molecule has 0 radical (unpaired) electrons. The minimum atomic E-state index is -1.57. The van der Waals surface area contributed by atoms with E-state index in [1.54, 1.807) is 88.1 Å². The first-order chi connectivity index (χ1) is 21.9. The molecule has 13 heteroatoms. The van der Waals surface area contributed by atoms with Crippen LogP contribution < -0.4 is 26.1 Å². The standard InChI is InChI=1S/C34H36N6O6.ClH/c1-20(2)34(35,33(43)44)21(3)19-39-22(4)30(32(42)40(39)23-9-7-6-8-10-23)31(41)38-29-14-12-25(18-37-29)46-28-15-16-36-27-17-24(45-5)11-13-26(27)28;/h6-18,20-21H,19,35H2,1-5H3,(H,43,44)(H,37,38,41);1H/t21-,34+;/m1./s1. The SMILES string of the molecule is COc1ccc2c(Oc3ccc(NC(=O)c4c(C)n(C[C@@H](C)[C@](N)(C(=O)O)C(C)C)n(-c5ccccc5)c4=O)nc3)ccnc2c1.Cl. The van der Waals surface area contributed by atoms with Crippen molar-refractivity contribution in [3.63, 3.8) is 0 Å². The Morgan fingerprint density at radius 3 is 2.34 bits per heavy atom. The number of halogens is 1. The fraction of sp³-hybridized carbons (Fsp3) is 0.265. The lowest BCUT2D eigenvalue weighted by atomic mass is 9.77. The summed E-state index contributed by atoms with van der Waals surface area (Å²) in [7, 11) is 1.59. The maximum Gasteiger partial charge on any atom is 0.324 e. The lowest BCUT2D eigenvalue weighted by molar-refractivity contribution is -0.147. The lowest BCUT2D eigenvalue weighted by Gasteiger charge is -2.35. The van der Waals surface area contributed by atoms with Gasteiger partial charge in [-0.25, -0.2) is 9.67 Å². The second-order valence-electron chi connectivity index (χ2n) is 11.4. The molecule has 0 fully saturated rings. The van der Waals surface area contributed by atoms with Crippen LogP contribution in [0, 0.1) is 18.8 Å². The van der Waals surface area contributed by atoms with Gasteiger partial charge in [0.2, 0.25) is 0 Å². The molecule has 5 aromatic rings. The normalized spacial score (nSPS) is 13.0. The first-order valence-electron chi connectivity index (χ1n) is 14.7. The number of methoxy groups -OCH3 is 1. The highest BCUT2D eigenvalue weighted by molar-refractivity contribution is 6.04. The predicted molar refractivity (Wildman–Crippen MR) is 181 cm³/mol. The molecule has 0 bridgehead atoms. The van der Waals surface area contributed by atoms with Crippen molar-refractivity contribution < 1.29 is 24.2 Å². The number of hydrogen-bond donors (Lipinski definition) is 3. The van der Waals surface area contributed by atoms with Crippen LogP contribution in [0.3, 0.4) is 0 Å². The van der Waals surface area contributed by atoms with Gasteiger partial charge >= 0.3 is 5.97 Å². The second kappa shape index (κ2) is 14.1. The van der Waals surface area contributed by atoms with E-state index in [9.17, 15) is 19.5 Å². The maximum absolute atomic E-state index is 13.8. The van der Waals surface area contributed by atoms with E-state index in [1.165, 1.54) is 10.9 Å². The van der Waals surface area contributed by atoms with Crippen molar-refractivity contribution in [1.29, 1.82) is 0 Å². The number of carboxylic acids is 1. The highest BCUT2D eigenvalue weighted by Crippen LogP contribution is 2.31. The molecule has 4 N–H and O–H groups in total. The average molecular weight is 661 g/mol. The lowest BCUT2D eigenvalue weighted by Crippen LogP contribution is -2.58. The van der Waals surface area contributed by atoms with Crippen LogP contribution in [0.25, 0.3) is 16.6 Å². The molecule has 0 unspecified atom stereocenters. The van der Waals surface area contributed by atoms with Crippen molar-refractivity contribution >= 4 is 41.0 Å². The molecule has 0 aliphatic heterocycles. The number of nitrogens with two attached hydrogens (primary N) is 1. The molecule has 0 spiro atoms. The van der Waals surface area contributed by atoms with Crippen molar-refractivity contribution in [2.24, 2.45) is 17.6 Å². The van der Waals surface area contributed by atoms with E-state index in [4.69, 9.17) is 15.2 Å². The van der Waals surface area contributed by atoms with Crippen LogP contribution in [0.2, 0.25) is 0 Å². The van der Waals surface area contributed by atoms with Crippen LogP contribution in [0.5, 0.6) is 17.2 Å². The highest BCUT2D eigenvalue weighted by atomic mass is 35.5. The van der Waals surface area contributed by atoms with Crippen molar-refractivity contribution in [2.75, 3.05) is 12.4 Å². The van der Waals surface area contributed by atoms with Gasteiger partial charge in [0.1, 0.15) is 34.2 Å². The number of anilines is 1. The Bertz CT molecular complexity index is 1960. The number of ether oxygens (including phenoxy) is 2. The number of fused-ring (bicyclic) bond motifs is 1. The summed E-state index contributed by atoms with van der Waals surface area (Å²) in [6, 6.07) is 19.3. The molecule has 2 atom stereocenters. The molecule has 246 valence electrons. The van der Waals surface area contributed by atoms with Gasteiger partial charge in [-0.15, -0.1) is 12.4 Å². The van der Waals surface area contributed by atoms with Gasteiger partial charge in [0, 0.05) is 30.1 Å². The van der Waals surface area contributed by atoms with Crippen molar-refractivity contribution in [2.45, 2.75) is 39.8 Å². The van der Waals surface area contributed by atoms with E-state index in [0.29, 0.717) is 34.1 Å². The van der Waals surface area contributed by atoms with Gasteiger partial charge in [0.05, 0.1) is 30.2 Å². The Morgan fingerprint density at radius 1 is 1.02 bits per heavy atom. The van der Waals surface area contributed by atoms with Gasteiger partial charge in [0.25, 0.3) is 11.5 Å². The van der Waals surface area contributed by atoms with E-state index in [-0.39, 0.29) is 30.3 Å². The third-order valence-electron chi connectivity index (χ3n) is 8.33. The predicted octanol–water partition coefficient (Wildman–Crippen LogP) is 5.44. The Balaban J connectivity index is 0.00000500. The Hall–Kier alpha value is -5.20. The van der Waals surface area contributed by atoms with Crippen molar-refractivity contribution in [1.82, 2.24) is 19.3 Å². The molecule has 3 heterocycles. The highest BCUT2D eigenvalue weighted by Gasteiger charge is 2.43. The zero-order valence-electron chi connectivity index (χ0n) is 26.6. The van der Waals surface area contributed by atoms with Gasteiger partial charge in [-0.05, 0) is 55.3 Å². The largest absolute Gasteiger partial charge is 0.497 e. The van der Waals surface area contributed by atoms with Crippen LogP contribution in [-0.4, -0.2) is 49.0 Å². The molecule has 3 aromatic heterocycles. The van der Waals surface area contributed by atoms with Crippen molar-refractivity contribution in [3.05, 3.63) is 101 Å². The molecule has 47 heavy (non-hydrogen) atoms. The number of carboxylic acid groups (broad SMARTS) is 1. The third-order valence-corrected chi connectivity index (χ3v) is 8.33. The number of pyridine rings is 2. The van der Waals surface area contributed by atoms with E-state index < -0.39 is 34.8 Å². The number of para-hydroxylation sites is 1. The fourth-order valence-electron chi connectivity index (χ4n) is 5.53. The monoisotopic (exact) mass is 660 g/mol. The Labute approximate surface area is 277 Å². The zero-order chi connectivity index (χ0) is 33.2. The fourth-order valence-corrected chi connectivity index (χ4v) is 5.53. The van der Waals surface area contributed by atoms with Crippen molar-refractivity contribution in [3.8, 4) is 22.9 Å². The minimum absolute atomic E-state index is 0. The van der Waals surface area contributed by atoms with Gasteiger partial charge in [-0.3, -0.25) is 24.0 Å². The number of carbonyl (C=O) groups is 2. The summed E-state index contributed by atoms with van der Waals surface area (Å²) >= 11 is 0. The molecule has 0 aliphatic carbocycles. The van der Waals surface area contributed by atoms with Crippen LogP contribution in [0.4, 0.5) is 5.82 Å². The Kier molecular flexibility index (Phi) is 10.4. The molecule has 0 saturated heterocycles. The number of amides is 1. The first-order valence-corrected chi connectivity index (χ1v) is 14.7. The number of hydrogen-bond acceptors (Lipinski definition) is 8. The van der Waals surface area contributed by atoms with Gasteiger partial charge in [-0.1, -0.05) is 39.0 Å². The molecular formula is C34H37ClN6O6. The molecule has 1 amide bonds. The van der Waals surface area contributed by atoms with Crippen LogP contribution in [-0.2, 0) is 11.3 Å². The van der Waals surface area contributed by atoms with Gasteiger partial charge < -0.3 is 25.6 Å². The van der Waals surface area contributed by atoms with Crippen LogP contribution in [0.1, 0.15) is 36.8 Å². The van der Waals surface area contributed by atoms with Gasteiger partial charge in [0.15, 0.2) is 0 Å². The molecular weight excluding hydrogens is 624 g/mol. The molecule has 0 aliphatic rings. The maximum atomic E-state index is 13.8. The quantitative estimate of drug-likeness (QED) is 0.167. The number of aliphatic carboxylic acids is 1. The molecule has 0 saturated carbocycles. The summed E-state index contributed by atoms with van der Waals surface area (Å²) in [5.74, 6) is -0.905. The minimum Gasteiger partial charge on any atom is -0.497 e. The number of benzene rings is 2. The third kappa shape index (κ3) is 6.69. The second-order valence-corrected chi connectivity index (χ2v) is 11.4. The zero-order valence-corrected chi connectivity index (χ0v) is 27.4. The van der Waals surface area contributed by atoms with Gasteiger partial charge in [-0.2, -0.15) is 0 Å². The van der Waals surface area contributed by atoms with Crippen LogP contribution in [0.15, 0.2) is 83.9 Å². The summed E-state index contributed by atoms with van der Waals surface area (Å²) in [6.07, 6.45) is 3.10. The number of nitrogens with one attached hydrogen (secondary N) is 1. The summed E-state index contributed by atoms with van der Waals surface area (Å²) < 4.78 is 14.3. The number of nitrogens with zero attached hydrogens (tertiary/aromatic N) is 4. The van der Waals surface area contributed by atoms with E-state index in [1.807, 2.05) is 24.3 Å². The number of aromatic nitrogens is 4. The summed E-state index contributed by atoms with van der Waals surface area (Å²) in [6.45, 7) is 6.94. The molecule has 12 nitrogen and oxygen atoms in total. The van der Waals surface area contributed by atoms with E-state index in [2.05, 4.69) is 15.3 Å². The smallest absolute Gasteiger partial charge is 0.324 e. The average Bonchev–Trinajstić information content (AvgIpc) is 3.29. The first kappa shape index (κ1) is 34.7. The van der Waals surface area contributed by atoms with E-state index in [0.717, 1.165) is 5.39 Å². The number of carbonyl (C=O) groups excluding carboxylic acids is 1. The molecule has 5 rings (SSSR count). The summed E-state index contributed by atoms with van der Waals surface area (Å²) in [4.78, 5) is 48.3. The number of rotatable bonds is 11. The summed E-state index contributed by atoms with van der Waals surface area (Å²) in [5, 5.41) is 13.5. The molecule has 2 aromatic carbocycles. The summed E-state index contributed by atoms with van der Waals surface area (Å²) in [5.41, 5.74) is 5.77. The van der Waals surface area contributed by atoms with E-state index >= 15 is 0 Å². The van der Waals surface area contributed by atoms with Crippen LogP contribution >= 0.6 is 12.4 Å². The Morgan fingerprint density at radius 2 is 1.72 bits per heavy atom.